The average molecular weight is 364 g/mol. The van der Waals surface area contributed by atoms with Crippen LogP contribution < -0.4 is 15.5 Å². The van der Waals surface area contributed by atoms with Gasteiger partial charge in [0.25, 0.3) is 0 Å². The number of hydrogen-bond donors (Lipinski definition) is 2. The quantitative estimate of drug-likeness (QED) is 0.782. The van der Waals surface area contributed by atoms with Crippen molar-refractivity contribution in [2.24, 2.45) is 11.8 Å². The fourth-order valence-corrected chi connectivity index (χ4v) is 3.85. The van der Waals surface area contributed by atoms with Crippen LogP contribution in [-0.2, 0) is 9.53 Å². The van der Waals surface area contributed by atoms with E-state index in [1.807, 2.05) is 18.2 Å². The van der Waals surface area contributed by atoms with Crippen LogP contribution in [0.3, 0.4) is 0 Å². The molecule has 2 aliphatic carbocycles. The standard InChI is InChI=1S/C19H26ClN3O2/c20-15-5-6-17(23-7-9-25-10-8-23)16(11-15)21-12-18(24)22-19(13-1-2-13)14-3-4-14/h5-6,11,13-14,19,21H,1-4,7-10,12H2,(H,22,24). The van der Waals surface area contributed by atoms with E-state index in [0.717, 1.165) is 37.7 Å². The van der Waals surface area contributed by atoms with Gasteiger partial charge in [0.05, 0.1) is 31.1 Å². The van der Waals surface area contributed by atoms with Crippen LogP contribution in [0.5, 0.6) is 0 Å². The Balaban J connectivity index is 1.37. The van der Waals surface area contributed by atoms with E-state index in [4.69, 9.17) is 16.3 Å². The molecule has 5 nitrogen and oxygen atoms in total. The van der Waals surface area contributed by atoms with Crippen LogP contribution >= 0.6 is 11.6 Å². The lowest BCUT2D eigenvalue weighted by atomic mass is 10.1. The van der Waals surface area contributed by atoms with Gasteiger partial charge >= 0.3 is 0 Å². The molecule has 2 N–H and O–H groups in total. The third-order valence-electron chi connectivity index (χ3n) is 5.34. The normalized spacial score (nSPS) is 20.6. The molecule has 0 aromatic heterocycles. The van der Waals surface area contributed by atoms with Crippen LogP contribution in [0.15, 0.2) is 18.2 Å². The highest BCUT2D eigenvalue weighted by molar-refractivity contribution is 6.31. The third-order valence-corrected chi connectivity index (χ3v) is 5.57. The van der Waals surface area contributed by atoms with Crippen LogP contribution in [0, 0.1) is 11.8 Å². The minimum absolute atomic E-state index is 0.0803. The number of nitrogens with zero attached hydrogens (tertiary/aromatic N) is 1. The highest BCUT2D eigenvalue weighted by atomic mass is 35.5. The number of ether oxygens (including phenoxy) is 1. The molecule has 1 heterocycles. The van der Waals surface area contributed by atoms with Gasteiger partial charge in [0, 0.05) is 24.2 Å². The first-order valence-electron chi connectivity index (χ1n) is 9.36. The van der Waals surface area contributed by atoms with E-state index in [1.165, 1.54) is 25.7 Å². The topological polar surface area (TPSA) is 53.6 Å². The molecule has 1 saturated heterocycles. The van der Waals surface area contributed by atoms with Gasteiger partial charge < -0.3 is 20.3 Å². The van der Waals surface area contributed by atoms with Crippen molar-refractivity contribution in [3.63, 3.8) is 0 Å². The molecule has 4 rings (SSSR count). The van der Waals surface area contributed by atoms with Crippen molar-refractivity contribution in [1.82, 2.24) is 5.32 Å². The summed E-state index contributed by atoms with van der Waals surface area (Å²) in [4.78, 5) is 14.7. The first-order valence-corrected chi connectivity index (χ1v) is 9.74. The van der Waals surface area contributed by atoms with Crippen molar-refractivity contribution in [2.75, 3.05) is 43.1 Å². The molecule has 1 amide bonds. The van der Waals surface area contributed by atoms with E-state index >= 15 is 0 Å². The number of carbonyl (C=O) groups excluding carboxylic acids is 1. The second kappa shape index (κ2) is 7.42. The Morgan fingerprint density at radius 1 is 1.20 bits per heavy atom. The summed E-state index contributed by atoms with van der Waals surface area (Å²) in [7, 11) is 0. The number of halogens is 1. The number of morpholine rings is 1. The fraction of sp³-hybridized carbons (Fsp3) is 0.632. The molecular formula is C19H26ClN3O2. The predicted molar refractivity (Wildman–Crippen MR) is 100 cm³/mol. The minimum atomic E-state index is 0.0803. The Labute approximate surface area is 154 Å². The summed E-state index contributed by atoms with van der Waals surface area (Å²) in [6.07, 6.45) is 5.07. The molecule has 0 spiro atoms. The summed E-state index contributed by atoms with van der Waals surface area (Å²) >= 11 is 6.17. The smallest absolute Gasteiger partial charge is 0.239 e. The molecule has 0 unspecified atom stereocenters. The Hall–Kier alpha value is -1.46. The van der Waals surface area contributed by atoms with Crippen molar-refractivity contribution >= 4 is 28.9 Å². The van der Waals surface area contributed by atoms with Gasteiger partial charge in [0.2, 0.25) is 5.91 Å². The summed E-state index contributed by atoms with van der Waals surface area (Å²) in [6, 6.07) is 6.21. The van der Waals surface area contributed by atoms with E-state index in [0.29, 0.717) is 22.9 Å². The predicted octanol–water partition coefficient (Wildman–Crippen LogP) is 2.89. The van der Waals surface area contributed by atoms with Crippen LogP contribution in [0.25, 0.3) is 0 Å². The molecule has 3 fully saturated rings. The maximum Gasteiger partial charge on any atom is 0.239 e. The zero-order chi connectivity index (χ0) is 17.2. The van der Waals surface area contributed by atoms with E-state index in [9.17, 15) is 4.79 Å². The van der Waals surface area contributed by atoms with Gasteiger partial charge in [-0.15, -0.1) is 0 Å². The summed E-state index contributed by atoms with van der Waals surface area (Å²) in [5, 5.41) is 7.23. The van der Waals surface area contributed by atoms with Gasteiger partial charge in [-0.25, -0.2) is 0 Å². The lowest BCUT2D eigenvalue weighted by molar-refractivity contribution is -0.120. The second-order valence-electron chi connectivity index (χ2n) is 7.38. The van der Waals surface area contributed by atoms with Crippen LogP contribution in [0.2, 0.25) is 5.02 Å². The number of amides is 1. The SMILES string of the molecule is O=C(CNc1cc(Cl)ccc1N1CCOCC1)NC(C1CC1)C1CC1. The summed E-state index contributed by atoms with van der Waals surface area (Å²) in [6.45, 7) is 3.45. The Kier molecular flexibility index (Phi) is 5.04. The Morgan fingerprint density at radius 2 is 1.88 bits per heavy atom. The Bertz CT molecular complexity index is 613. The average Bonchev–Trinajstić information content (AvgIpc) is 3.52. The second-order valence-corrected chi connectivity index (χ2v) is 7.82. The minimum Gasteiger partial charge on any atom is -0.378 e. The maximum atomic E-state index is 12.4. The molecule has 0 atom stereocenters. The first kappa shape index (κ1) is 17.0. The van der Waals surface area contributed by atoms with Gasteiger partial charge in [-0.1, -0.05) is 11.6 Å². The first-order chi connectivity index (χ1) is 12.2. The van der Waals surface area contributed by atoms with Gasteiger partial charge in [-0.05, 0) is 55.7 Å². The zero-order valence-electron chi connectivity index (χ0n) is 14.5. The van der Waals surface area contributed by atoms with E-state index in [2.05, 4.69) is 15.5 Å². The highest BCUT2D eigenvalue weighted by Crippen LogP contribution is 2.44. The van der Waals surface area contributed by atoms with Crippen molar-refractivity contribution < 1.29 is 9.53 Å². The number of benzene rings is 1. The highest BCUT2D eigenvalue weighted by Gasteiger charge is 2.42. The molecule has 0 radical (unpaired) electrons. The molecule has 25 heavy (non-hydrogen) atoms. The number of carbonyl (C=O) groups is 1. The lowest BCUT2D eigenvalue weighted by Crippen LogP contribution is -2.41. The summed E-state index contributed by atoms with van der Waals surface area (Å²) in [5.74, 6) is 1.51. The van der Waals surface area contributed by atoms with E-state index < -0.39 is 0 Å². The zero-order valence-corrected chi connectivity index (χ0v) is 15.2. The molecule has 1 aromatic rings. The number of hydrogen-bond acceptors (Lipinski definition) is 4. The molecule has 0 bridgehead atoms. The van der Waals surface area contributed by atoms with Gasteiger partial charge in [-0.3, -0.25) is 4.79 Å². The Morgan fingerprint density at radius 3 is 2.52 bits per heavy atom. The molecule has 3 aliphatic rings. The van der Waals surface area contributed by atoms with Crippen molar-refractivity contribution in [3.05, 3.63) is 23.2 Å². The fourth-order valence-electron chi connectivity index (χ4n) is 3.67. The van der Waals surface area contributed by atoms with Crippen LogP contribution in [-0.4, -0.2) is 44.8 Å². The van der Waals surface area contributed by atoms with E-state index in [-0.39, 0.29) is 12.5 Å². The van der Waals surface area contributed by atoms with Gasteiger partial charge in [0.15, 0.2) is 0 Å². The monoisotopic (exact) mass is 363 g/mol. The number of nitrogens with one attached hydrogen (secondary N) is 2. The molecule has 2 saturated carbocycles. The third kappa shape index (κ3) is 4.39. The van der Waals surface area contributed by atoms with Crippen molar-refractivity contribution in [2.45, 2.75) is 31.7 Å². The molecule has 6 heteroatoms. The molecular weight excluding hydrogens is 338 g/mol. The molecule has 1 aromatic carbocycles. The van der Waals surface area contributed by atoms with Gasteiger partial charge in [-0.2, -0.15) is 0 Å². The lowest BCUT2D eigenvalue weighted by Gasteiger charge is -2.30. The largest absolute Gasteiger partial charge is 0.378 e. The summed E-state index contributed by atoms with van der Waals surface area (Å²) < 4.78 is 5.43. The van der Waals surface area contributed by atoms with E-state index in [1.54, 1.807) is 0 Å². The molecule has 1 aliphatic heterocycles. The van der Waals surface area contributed by atoms with Crippen LogP contribution in [0.1, 0.15) is 25.7 Å². The van der Waals surface area contributed by atoms with Crippen molar-refractivity contribution in [1.29, 1.82) is 0 Å². The number of anilines is 2. The van der Waals surface area contributed by atoms with Gasteiger partial charge in [0.1, 0.15) is 0 Å². The molecule has 136 valence electrons. The van der Waals surface area contributed by atoms with Crippen molar-refractivity contribution in [3.8, 4) is 0 Å². The van der Waals surface area contributed by atoms with Crippen LogP contribution in [0.4, 0.5) is 11.4 Å². The summed E-state index contributed by atoms with van der Waals surface area (Å²) in [5.41, 5.74) is 2.00. The number of rotatable bonds is 7. The maximum absolute atomic E-state index is 12.4.